The van der Waals surface area contributed by atoms with Crippen LogP contribution in [0.1, 0.15) is 13.3 Å². The van der Waals surface area contributed by atoms with Crippen LogP contribution in [0.15, 0.2) is 23.1 Å². The minimum Gasteiger partial charge on any atom is -0.497 e. The maximum atomic E-state index is 12.1. The van der Waals surface area contributed by atoms with Crippen LogP contribution in [0.2, 0.25) is 0 Å². The average molecular weight is 298 g/mol. The highest BCUT2D eigenvalue weighted by Gasteiger charge is 2.27. The first kappa shape index (κ1) is 15.9. The molecule has 1 atom stereocenters. The maximum absolute atomic E-state index is 12.1. The van der Waals surface area contributed by atoms with Gasteiger partial charge in [-0.05, 0) is 19.1 Å². The number of ether oxygens (including phenoxy) is 1. The molecule has 0 saturated carbocycles. The van der Waals surface area contributed by atoms with Gasteiger partial charge in [-0.15, -0.1) is 12.3 Å². The summed E-state index contributed by atoms with van der Waals surface area (Å²) in [7, 11) is -2.69. The van der Waals surface area contributed by atoms with Crippen molar-refractivity contribution in [2.45, 2.75) is 24.3 Å². The Kier molecular flexibility index (Phi) is 5.07. The van der Waals surface area contributed by atoms with Crippen molar-refractivity contribution in [1.82, 2.24) is 4.72 Å². The van der Waals surface area contributed by atoms with Gasteiger partial charge >= 0.3 is 0 Å². The molecule has 1 unspecified atom stereocenters. The first-order valence-electron chi connectivity index (χ1n) is 5.60. The fourth-order valence-electron chi connectivity index (χ4n) is 1.54. The lowest BCUT2D eigenvalue weighted by molar-refractivity contribution is -0.387. The lowest BCUT2D eigenvalue weighted by Crippen LogP contribution is -2.32. The Bertz CT molecular complexity index is 648. The Morgan fingerprint density at radius 2 is 2.20 bits per heavy atom. The summed E-state index contributed by atoms with van der Waals surface area (Å²) in [5, 5.41) is 11.0. The molecule has 0 aliphatic heterocycles. The zero-order valence-electron chi connectivity index (χ0n) is 11.0. The summed E-state index contributed by atoms with van der Waals surface area (Å²) in [5.74, 6) is 2.52. The van der Waals surface area contributed by atoms with Crippen molar-refractivity contribution in [3.05, 3.63) is 28.3 Å². The molecule has 0 aromatic heterocycles. The molecule has 0 fully saturated rings. The first-order chi connectivity index (χ1) is 9.31. The Labute approximate surface area is 117 Å². The van der Waals surface area contributed by atoms with Crippen molar-refractivity contribution in [3.63, 3.8) is 0 Å². The van der Waals surface area contributed by atoms with E-state index in [2.05, 4.69) is 10.6 Å². The molecule has 108 valence electrons. The number of methoxy groups -OCH3 is 1. The predicted molar refractivity (Wildman–Crippen MR) is 72.9 cm³/mol. The second-order valence-electron chi connectivity index (χ2n) is 4.02. The molecule has 0 aliphatic carbocycles. The van der Waals surface area contributed by atoms with Crippen molar-refractivity contribution < 1.29 is 18.1 Å². The third-order valence-corrected chi connectivity index (χ3v) is 4.07. The summed E-state index contributed by atoms with van der Waals surface area (Å²) >= 11 is 0. The highest BCUT2D eigenvalue weighted by Crippen LogP contribution is 2.28. The summed E-state index contributed by atoms with van der Waals surface area (Å²) in [4.78, 5) is 9.77. The summed E-state index contributed by atoms with van der Waals surface area (Å²) in [6.45, 7) is 1.58. The van der Waals surface area contributed by atoms with Gasteiger partial charge < -0.3 is 4.74 Å². The van der Waals surface area contributed by atoms with E-state index in [4.69, 9.17) is 11.2 Å². The number of nitrogens with zero attached hydrogens (tertiary/aromatic N) is 1. The number of hydrogen-bond donors (Lipinski definition) is 1. The van der Waals surface area contributed by atoms with Crippen molar-refractivity contribution in [2.24, 2.45) is 0 Å². The van der Waals surface area contributed by atoms with Crippen LogP contribution in [0.4, 0.5) is 5.69 Å². The van der Waals surface area contributed by atoms with Crippen LogP contribution < -0.4 is 9.46 Å². The van der Waals surface area contributed by atoms with Gasteiger partial charge in [-0.3, -0.25) is 10.1 Å². The number of sulfonamides is 1. The second-order valence-corrected chi connectivity index (χ2v) is 5.70. The van der Waals surface area contributed by atoms with E-state index < -0.39 is 31.6 Å². The molecule has 0 saturated heterocycles. The molecule has 1 rings (SSSR count). The second kappa shape index (κ2) is 6.36. The van der Waals surface area contributed by atoms with Crippen LogP contribution in [0.25, 0.3) is 0 Å². The SMILES string of the molecule is C#CCC(C)NS(=O)(=O)c1ccc(OC)cc1[N+](=O)[O-]. The van der Waals surface area contributed by atoms with Crippen molar-refractivity contribution >= 4 is 15.7 Å². The number of hydrogen-bond acceptors (Lipinski definition) is 5. The molecule has 0 aliphatic rings. The smallest absolute Gasteiger partial charge is 0.293 e. The summed E-state index contributed by atoms with van der Waals surface area (Å²) in [5.41, 5.74) is -0.551. The summed E-state index contributed by atoms with van der Waals surface area (Å²) in [6.07, 6.45) is 5.28. The van der Waals surface area contributed by atoms with Crippen LogP contribution in [0.5, 0.6) is 5.75 Å². The average Bonchev–Trinajstić information content (AvgIpc) is 2.37. The molecule has 0 spiro atoms. The predicted octanol–water partition coefficient (Wildman–Crippen LogP) is 1.29. The molecular weight excluding hydrogens is 284 g/mol. The molecule has 7 nitrogen and oxygen atoms in total. The molecule has 8 heteroatoms. The summed E-state index contributed by atoms with van der Waals surface area (Å²) < 4.78 is 31.4. The molecule has 1 N–H and O–H groups in total. The standard InChI is InChI=1S/C12H14N2O5S/c1-4-5-9(2)13-20(17,18)12-7-6-10(19-3)8-11(12)14(15)16/h1,6-9,13H,5H2,2-3H3. The normalized spacial score (nSPS) is 12.4. The van der Waals surface area contributed by atoms with Crippen LogP contribution in [-0.2, 0) is 10.0 Å². The molecule has 0 radical (unpaired) electrons. The summed E-state index contributed by atoms with van der Waals surface area (Å²) in [6, 6.07) is 3.00. The number of nitro groups is 1. The van der Waals surface area contributed by atoms with Gasteiger partial charge in [0.1, 0.15) is 5.75 Å². The van der Waals surface area contributed by atoms with Crippen molar-refractivity contribution in [3.8, 4) is 18.1 Å². The third kappa shape index (κ3) is 3.69. The number of terminal acetylenes is 1. The Hall–Kier alpha value is -2.11. The lowest BCUT2D eigenvalue weighted by Gasteiger charge is -2.12. The van der Waals surface area contributed by atoms with E-state index in [-0.39, 0.29) is 12.2 Å². The van der Waals surface area contributed by atoms with Gasteiger partial charge in [0.15, 0.2) is 4.90 Å². The topological polar surface area (TPSA) is 98.5 Å². The van der Waals surface area contributed by atoms with Gasteiger partial charge in [-0.1, -0.05) is 0 Å². The van der Waals surface area contributed by atoms with E-state index >= 15 is 0 Å². The molecule has 0 bridgehead atoms. The minimum atomic E-state index is -4.03. The van der Waals surface area contributed by atoms with Crippen LogP contribution in [0.3, 0.4) is 0 Å². The van der Waals surface area contributed by atoms with Crippen LogP contribution in [0, 0.1) is 22.5 Å². The van der Waals surface area contributed by atoms with E-state index in [9.17, 15) is 18.5 Å². The van der Waals surface area contributed by atoms with E-state index in [0.29, 0.717) is 0 Å². The Morgan fingerprint density at radius 3 is 2.70 bits per heavy atom. The van der Waals surface area contributed by atoms with Crippen LogP contribution in [-0.4, -0.2) is 26.5 Å². The van der Waals surface area contributed by atoms with Gasteiger partial charge in [0, 0.05) is 12.5 Å². The lowest BCUT2D eigenvalue weighted by atomic mass is 10.3. The quantitative estimate of drug-likeness (QED) is 0.485. The van der Waals surface area contributed by atoms with E-state index in [1.54, 1.807) is 6.92 Å². The molecule has 1 aromatic rings. The largest absolute Gasteiger partial charge is 0.497 e. The molecule has 0 heterocycles. The Morgan fingerprint density at radius 1 is 1.55 bits per heavy atom. The van der Waals surface area contributed by atoms with E-state index in [0.717, 1.165) is 12.1 Å². The monoisotopic (exact) mass is 298 g/mol. The number of nitrogens with one attached hydrogen (secondary N) is 1. The van der Waals surface area contributed by atoms with Crippen LogP contribution >= 0.6 is 0 Å². The number of nitro benzene ring substituents is 1. The van der Waals surface area contributed by atoms with Gasteiger partial charge in [0.25, 0.3) is 5.69 Å². The third-order valence-electron chi connectivity index (χ3n) is 2.43. The zero-order valence-corrected chi connectivity index (χ0v) is 11.8. The minimum absolute atomic E-state index is 0.184. The molecule has 20 heavy (non-hydrogen) atoms. The highest BCUT2D eigenvalue weighted by molar-refractivity contribution is 7.89. The van der Waals surface area contributed by atoms with Gasteiger partial charge in [0.2, 0.25) is 10.0 Å². The van der Waals surface area contributed by atoms with Crippen molar-refractivity contribution in [2.75, 3.05) is 7.11 Å². The number of benzene rings is 1. The maximum Gasteiger partial charge on any atom is 0.293 e. The number of rotatable bonds is 6. The van der Waals surface area contributed by atoms with E-state index in [1.807, 2.05) is 0 Å². The van der Waals surface area contributed by atoms with Gasteiger partial charge in [-0.2, -0.15) is 0 Å². The Balaban J connectivity index is 3.25. The van der Waals surface area contributed by atoms with E-state index in [1.165, 1.54) is 13.2 Å². The van der Waals surface area contributed by atoms with Gasteiger partial charge in [0.05, 0.1) is 18.1 Å². The molecule has 0 amide bonds. The van der Waals surface area contributed by atoms with Gasteiger partial charge in [-0.25, -0.2) is 13.1 Å². The fourth-order valence-corrected chi connectivity index (χ4v) is 2.94. The first-order valence-corrected chi connectivity index (χ1v) is 7.08. The zero-order chi connectivity index (χ0) is 15.3. The van der Waals surface area contributed by atoms with Crippen molar-refractivity contribution in [1.29, 1.82) is 0 Å². The molecular formula is C12H14N2O5S. The fraction of sp³-hybridized carbons (Fsp3) is 0.333. The highest BCUT2D eigenvalue weighted by atomic mass is 32.2. The molecule has 1 aromatic carbocycles.